The van der Waals surface area contributed by atoms with Gasteiger partial charge in [-0.25, -0.2) is 0 Å². The molecular weight excluding hydrogens is 260 g/mol. The fourth-order valence-electron chi connectivity index (χ4n) is 3.49. The highest BCUT2D eigenvalue weighted by Crippen LogP contribution is 2.36. The first-order chi connectivity index (χ1) is 10.3. The number of aliphatic imine (C=N–C) groups is 1. The smallest absolute Gasteiger partial charge is 0.166 e. The second kappa shape index (κ2) is 6.25. The van der Waals surface area contributed by atoms with E-state index in [2.05, 4.69) is 30.3 Å². The molecule has 0 aromatic heterocycles. The van der Waals surface area contributed by atoms with Crippen molar-refractivity contribution < 1.29 is 4.79 Å². The minimum absolute atomic E-state index is 0.153. The first-order valence-electron chi connectivity index (χ1n) is 7.85. The quantitative estimate of drug-likeness (QED) is 0.846. The number of hydrogen-bond donors (Lipinski definition) is 1. The molecule has 0 radical (unpaired) electrons. The van der Waals surface area contributed by atoms with Gasteiger partial charge in [0.2, 0.25) is 0 Å². The van der Waals surface area contributed by atoms with Gasteiger partial charge in [-0.3, -0.25) is 9.79 Å². The average Bonchev–Trinajstić information content (AvgIpc) is 2.97. The summed E-state index contributed by atoms with van der Waals surface area (Å²) in [6.45, 7) is 0. The van der Waals surface area contributed by atoms with Crippen LogP contribution in [0, 0.1) is 0 Å². The normalized spacial score (nSPS) is 30.2. The molecule has 0 aliphatic heterocycles. The van der Waals surface area contributed by atoms with Crippen molar-refractivity contribution in [2.75, 3.05) is 0 Å². The van der Waals surface area contributed by atoms with Crippen LogP contribution in [0.3, 0.4) is 0 Å². The molecule has 2 fully saturated rings. The van der Waals surface area contributed by atoms with Crippen molar-refractivity contribution in [3.05, 3.63) is 47.7 Å². The number of carbonyl (C=O) groups excluding carboxylic acids is 1. The summed E-state index contributed by atoms with van der Waals surface area (Å²) in [4.78, 5) is 16.7. The Balaban J connectivity index is 1.72. The summed E-state index contributed by atoms with van der Waals surface area (Å²) in [5.74, 6) is 0.755. The third kappa shape index (κ3) is 3.07. The van der Waals surface area contributed by atoms with Crippen LogP contribution in [0.5, 0.6) is 0 Å². The van der Waals surface area contributed by atoms with Crippen LogP contribution in [0.2, 0.25) is 0 Å². The van der Waals surface area contributed by atoms with E-state index in [0.717, 1.165) is 31.4 Å². The topological polar surface area (TPSA) is 55.5 Å². The van der Waals surface area contributed by atoms with Crippen LogP contribution in [0.25, 0.3) is 0 Å². The van der Waals surface area contributed by atoms with Crippen molar-refractivity contribution in [2.45, 2.75) is 50.5 Å². The van der Waals surface area contributed by atoms with Gasteiger partial charge in [0.15, 0.2) is 5.78 Å². The van der Waals surface area contributed by atoms with Crippen LogP contribution in [-0.4, -0.2) is 17.5 Å². The first kappa shape index (κ1) is 14.1. The lowest BCUT2D eigenvalue weighted by atomic mass is 9.92. The number of Topliss-reactive ketones (excluding diaryl/α,β-unsaturated/α-hetero) is 1. The number of allylic oxidation sites excluding steroid dienone is 1. The molecule has 2 saturated carbocycles. The maximum atomic E-state index is 11.9. The third-order valence-electron chi connectivity index (χ3n) is 4.61. The third-order valence-corrected chi connectivity index (χ3v) is 4.61. The van der Waals surface area contributed by atoms with Crippen LogP contribution in [-0.2, 0) is 4.79 Å². The number of carbonyl (C=O) groups is 1. The molecule has 1 aromatic carbocycles. The van der Waals surface area contributed by atoms with Crippen molar-refractivity contribution in [3.8, 4) is 0 Å². The Morgan fingerprint density at radius 3 is 2.71 bits per heavy atom. The van der Waals surface area contributed by atoms with Gasteiger partial charge in [-0.1, -0.05) is 30.3 Å². The number of ketones is 1. The molecule has 0 heterocycles. The monoisotopic (exact) mass is 282 g/mol. The number of benzene rings is 1. The summed E-state index contributed by atoms with van der Waals surface area (Å²) in [7, 11) is 0. The molecule has 3 heteroatoms. The van der Waals surface area contributed by atoms with Gasteiger partial charge in [-0.15, -0.1) is 0 Å². The zero-order chi connectivity index (χ0) is 14.7. The van der Waals surface area contributed by atoms with Gasteiger partial charge in [0, 0.05) is 18.3 Å². The highest BCUT2D eigenvalue weighted by Gasteiger charge is 2.28. The molecular formula is C18H22N2O. The minimum atomic E-state index is 0.153. The van der Waals surface area contributed by atoms with E-state index in [1.54, 1.807) is 0 Å². The van der Waals surface area contributed by atoms with Crippen LogP contribution in [0.15, 0.2) is 47.1 Å². The predicted molar refractivity (Wildman–Crippen MR) is 85.4 cm³/mol. The molecule has 0 amide bonds. The maximum absolute atomic E-state index is 11.9. The Kier molecular flexibility index (Phi) is 4.18. The largest absolute Gasteiger partial charge is 0.404 e. The van der Waals surface area contributed by atoms with Crippen LogP contribution >= 0.6 is 0 Å². The fraction of sp³-hybridized carbons (Fsp3) is 0.444. The van der Waals surface area contributed by atoms with Crippen molar-refractivity contribution in [1.29, 1.82) is 0 Å². The van der Waals surface area contributed by atoms with Gasteiger partial charge in [-0.05, 0) is 43.6 Å². The van der Waals surface area contributed by atoms with Gasteiger partial charge >= 0.3 is 0 Å². The fourth-order valence-corrected chi connectivity index (χ4v) is 3.49. The summed E-state index contributed by atoms with van der Waals surface area (Å²) in [5.41, 5.74) is 8.62. The maximum Gasteiger partial charge on any atom is 0.166 e. The molecule has 0 bridgehead atoms. The Hall–Kier alpha value is -1.90. The second-order valence-electron chi connectivity index (χ2n) is 6.01. The molecule has 2 N–H and O–H groups in total. The second-order valence-corrected chi connectivity index (χ2v) is 6.01. The van der Waals surface area contributed by atoms with Crippen molar-refractivity contribution in [3.63, 3.8) is 0 Å². The summed E-state index contributed by atoms with van der Waals surface area (Å²) in [5, 5.41) is 0. The van der Waals surface area contributed by atoms with E-state index >= 15 is 0 Å². The summed E-state index contributed by atoms with van der Waals surface area (Å²) in [6.07, 6.45) is 7.23. The lowest BCUT2D eigenvalue weighted by Gasteiger charge is -2.17. The van der Waals surface area contributed by atoms with Gasteiger partial charge in [0.1, 0.15) is 0 Å². The zero-order valence-electron chi connectivity index (χ0n) is 12.3. The van der Waals surface area contributed by atoms with Crippen molar-refractivity contribution >= 4 is 11.5 Å². The van der Waals surface area contributed by atoms with Gasteiger partial charge in [-0.2, -0.15) is 0 Å². The summed E-state index contributed by atoms with van der Waals surface area (Å²) >= 11 is 0. The van der Waals surface area contributed by atoms with Crippen LogP contribution in [0.4, 0.5) is 0 Å². The Labute approximate surface area is 126 Å². The Morgan fingerprint density at radius 1 is 1.14 bits per heavy atom. The van der Waals surface area contributed by atoms with E-state index in [4.69, 9.17) is 10.7 Å². The van der Waals surface area contributed by atoms with Gasteiger partial charge < -0.3 is 5.73 Å². The van der Waals surface area contributed by atoms with E-state index in [1.807, 2.05) is 0 Å². The molecule has 1 aromatic rings. The van der Waals surface area contributed by atoms with E-state index < -0.39 is 0 Å². The average molecular weight is 282 g/mol. The minimum Gasteiger partial charge on any atom is -0.404 e. The molecule has 2 unspecified atom stereocenters. The molecule has 0 saturated heterocycles. The lowest BCUT2D eigenvalue weighted by molar-refractivity contribution is -0.115. The molecule has 21 heavy (non-hydrogen) atoms. The molecule has 2 atom stereocenters. The first-order valence-corrected chi connectivity index (χ1v) is 7.85. The van der Waals surface area contributed by atoms with E-state index in [-0.39, 0.29) is 5.78 Å². The molecule has 2 aliphatic rings. The zero-order valence-corrected chi connectivity index (χ0v) is 12.3. The van der Waals surface area contributed by atoms with Gasteiger partial charge in [0.25, 0.3) is 0 Å². The SMILES string of the molecule is NC=C1C(=O)CCCC1=NC1CCC(c2ccccc2)C1. The molecule has 2 aliphatic carbocycles. The van der Waals surface area contributed by atoms with E-state index in [9.17, 15) is 4.79 Å². The highest BCUT2D eigenvalue weighted by atomic mass is 16.1. The number of nitrogens with zero attached hydrogens (tertiary/aromatic N) is 1. The Bertz CT molecular complexity index is 574. The lowest BCUT2D eigenvalue weighted by Crippen LogP contribution is -2.22. The van der Waals surface area contributed by atoms with Crippen LogP contribution < -0.4 is 5.73 Å². The molecule has 0 spiro atoms. The highest BCUT2D eigenvalue weighted by molar-refractivity contribution is 6.23. The van der Waals surface area contributed by atoms with E-state index in [0.29, 0.717) is 24.0 Å². The molecule has 110 valence electrons. The number of hydrogen-bond acceptors (Lipinski definition) is 3. The predicted octanol–water partition coefficient (Wildman–Crippen LogP) is 3.36. The summed E-state index contributed by atoms with van der Waals surface area (Å²) < 4.78 is 0. The van der Waals surface area contributed by atoms with Crippen molar-refractivity contribution in [1.82, 2.24) is 0 Å². The Morgan fingerprint density at radius 2 is 1.95 bits per heavy atom. The molecule has 3 nitrogen and oxygen atoms in total. The standard InChI is InChI=1S/C18H22N2O/c19-12-16-17(7-4-8-18(16)21)20-15-10-9-14(11-15)13-5-2-1-3-6-13/h1-3,5-6,12,14-15H,4,7-11,19H2. The van der Waals surface area contributed by atoms with Gasteiger partial charge in [0.05, 0.1) is 11.6 Å². The number of nitrogens with two attached hydrogens (primary N) is 1. The van der Waals surface area contributed by atoms with Crippen molar-refractivity contribution in [2.24, 2.45) is 10.7 Å². The summed E-state index contributed by atoms with van der Waals surface area (Å²) in [6, 6.07) is 11.0. The molecule has 3 rings (SSSR count). The van der Waals surface area contributed by atoms with Crippen LogP contribution in [0.1, 0.15) is 50.0 Å². The van der Waals surface area contributed by atoms with E-state index in [1.165, 1.54) is 18.2 Å². The number of rotatable bonds is 2.